The average molecular weight is 497 g/mol. The second kappa shape index (κ2) is 9.59. The van der Waals surface area contributed by atoms with Crippen LogP contribution in [0.3, 0.4) is 0 Å². The number of hydrogen-bond donors (Lipinski definition) is 1. The summed E-state index contributed by atoms with van der Waals surface area (Å²) >= 11 is 12.4. The van der Waals surface area contributed by atoms with Gasteiger partial charge in [0, 0.05) is 57.1 Å². The van der Waals surface area contributed by atoms with Crippen molar-refractivity contribution in [1.29, 1.82) is 0 Å². The van der Waals surface area contributed by atoms with Crippen LogP contribution in [0.25, 0.3) is 27.7 Å². The number of nitrogens with one attached hydrogen (secondary N) is 1. The zero-order chi connectivity index (χ0) is 24.4. The van der Waals surface area contributed by atoms with Crippen LogP contribution in [0.5, 0.6) is 5.75 Å². The molecule has 0 saturated carbocycles. The summed E-state index contributed by atoms with van der Waals surface area (Å²) in [5, 5.41) is 15.4. The van der Waals surface area contributed by atoms with E-state index in [-0.39, 0.29) is 5.69 Å². The van der Waals surface area contributed by atoms with Gasteiger partial charge < -0.3 is 14.5 Å². The molecule has 1 aromatic heterocycles. The zero-order valence-electron chi connectivity index (χ0n) is 18.1. The standard InChI is InChI=1S/C25H18Cl2N2O5/c1-14(8-25(30)28-16-4-3-5-17(10-16)29(31)32)19-11-20-21(13-34-24(20)12-23(19)33-2)18-7-6-15(26)9-22(18)27/h3-13H,1-2H3,(H,28,30)/b14-8+. The molecule has 0 spiro atoms. The number of fused-ring (bicyclic) bond motifs is 1. The fourth-order valence-corrected chi connectivity index (χ4v) is 4.11. The van der Waals surface area contributed by atoms with Crippen LogP contribution in [0.2, 0.25) is 10.0 Å². The summed E-state index contributed by atoms with van der Waals surface area (Å²) in [6, 6.07) is 14.6. The summed E-state index contributed by atoms with van der Waals surface area (Å²) in [7, 11) is 1.53. The molecule has 1 N–H and O–H groups in total. The van der Waals surface area contributed by atoms with Gasteiger partial charge in [-0.1, -0.05) is 35.3 Å². The maximum absolute atomic E-state index is 12.6. The van der Waals surface area contributed by atoms with E-state index >= 15 is 0 Å². The number of halogens is 2. The van der Waals surface area contributed by atoms with E-state index < -0.39 is 10.8 Å². The molecule has 7 nitrogen and oxygen atoms in total. The Balaban J connectivity index is 1.71. The van der Waals surface area contributed by atoms with Crippen molar-refractivity contribution in [3.63, 3.8) is 0 Å². The molecule has 1 heterocycles. The Kier molecular flexibility index (Phi) is 6.58. The first-order valence-electron chi connectivity index (χ1n) is 10.1. The highest BCUT2D eigenvalue weighted by Gasteiger charge is 2.17. The normalized spacial score (nSPS) is 11.5. The van der Waals surface area contributed by atoms with Crippen LogP contribution in [0.4, 0.5) is 11.4 Å². The van der Waals surface area contributed by atoms with Gasteiger partial charge in [-0.15, -0.1) is 0 Å². The number of rotatable bonds is 6. The molecule has 1 amide bonds. The predicted octanol–water partition coefficient (Wildman–Crippen LogP) is 7.37. The van der Waals surface area contributed by atoms with Gasteiger partial charge in [0.2, 0.25) is 5.91 Å². The summed E-state index contributed by atoms with van der Waals surface area (Å²) in [6.07, 6.45) is 3.01. The van der Waals surface area contributed by atoms with E-state index in [4.69, 9.17) is 32.4 Å². The number of furan rings is 1. The molecule has 4 aromatic rings. The van der Waals surface area contributed by atoms with Crippen molar-refractivity contribution in [3.8, 4) is 16.9 Å². The molecule has 0 saturated heterocycles. The first-order valence-corrected chi connectivity index (χ1v) is 10.8. The number of hydrogen-bond acceptors (Lipinski definition) is 5. The van der Waals surface area contributed by atoms with Crippen molar-refractivity contribution in [3.05, 3.63) is 92.7 Å². The lowest BCUT2D eigenvalue weighted by Gasteiger charge is -2.10. The van der Waals surface area contributed by atoms with E-state index in [1.807, 2.05) is 12.1 Å². The molecule has 0 atom stereocenters. The third-order valence-corrected chi connectivity index (χ3v) is 5.76. The molecule has 4 rings (SSSR count). The van der Waals surface area contributed by atoms with Crippen LogP contribution in [0.1, 0.15) is 12.5 Å². The topological polar surface area (TPSA) is 94.6 Å². The Hall–Kier alpha value is -3.81. The smallest absolute Gasteiger partial charge is 0.271 e. The largest absolute Gasteiger partial charge is 0.496 e. The second-order valence-corrected chi connectivity index (χ2v) is 8.29. The van der Waals surface area contributed by atoms with Gasteiger partial charge in [-0.05, 0) is 36.8 Å². The Morgan fingerprint density at radius 2 is 1.91 bits per heavy atom. The summed E-state index contributed by atoms with van der Waals surface area (Å²) < 4.78 is 11.3. The lowest BCUT2D eigenvalue weighted by molar-refractivity contribution is -0.384. The molecule has 0 aliphatic rings. The number of allylic oxidation sites excluding steroid dienone is 1. The van der Waals surface area contributed by atoms with Gasteiger partial charge in [-0.2, -0.15) is 0 Å². The summed E-state index contributed by atoms with van der Waals surface area (Å²) in [5.41, 5.74) is 3.63. The van der Waals surface area contributed by atoms with Crippen molar-refractivity contribution in [2.45, 2.75) is 6.92 Å². The second-order valence-electron chi connectivity index (χ2n) is 7.45. The molecule has 172 valence electrons. The van der Waals surface area contributed by atoms with Crippen LogP contribution in [-0.2, 0) is 4.79 Å². The van der Waals surface area contributed by atoms with E-state index in [1.165, 1.54) is 31.4 Å². The van der Waals surface area contributed by atoms with E-state index in [0.717, 1.165) is 16.5 Å². The van der Waals surface area contributed by atoms with Crippen molar-refractivity contribution >= 4 is 57.0 Å². The molecular weight excluding hydrogens is 479 g/mol. The number of anilines is 1. The summed E-state index contributed by atoms with van der Waals surface area (Å²) in [6.45, 7) is 1.77. The zero-order valence-corrected chi connectivity index (χ0v) is 19.6. The van der Waals surface area contributed by atoms with Crippen LogP contribution < -0.4 is 10.1 Å². The summed E-state index contributed by atoms with van der Waals surface area (Å²) in [5.74, 6) is 0.0841. The first kappa shape index (κ1) is 23.4. The first-order chi connectivity index (χ1) is 16.3. The maximum atomic E-state index is 12.6. The molecule has 0 unspecified atom stereocenters. The number of ether oxygens (including phenoxy) is 1. The van der Waals surface area contributed by atoms with Crippen LogP contribution in [0.15, 0.2) is 71.4 Å². The number of benzene rings is 3. The third kappa shape index (κ3) is 4.76. The Labute approximate surface area is 204 Å². The molecule has 0 radical (unpaired) electrons. The number of non-ortho nitro benzene ring substituents is 1. The van der Waals surface area contributed by atoms with Gasteiger partial charge in [-0.3, -0.25) is 14.9 Å². The quantitative estimate of drug-likeness (QED) is 0.171. The van der Waals surface area contributed by atoms with Crippen LogP contribution >= 0.6 is 23.2 Å². The van der Waals surface area contributed by atoms with Gasteiger partial charge in [0.1, 0.15) is 11.3 Å². The number of amides is 1. The lowest BCUT2D eigenvalue weighted by Crippen LogP contribution is -2.09. The average Bonchev–Trinajstić information content (AvgIpc) is 3.20. The lowest BCUT2D eigenvalue weighted by atomic mass is 9.99. The minimum absolute atomic E-state index is 0.112. The van der Waals surface area contributed by atoms with Gasteiger partial charge in [-0.25, -0.2) is 0 Å². The van der Waals surface area contributed by atoms with E-state index in [1.54, 1.807) is 37.5 Å². The third-order valence-electron chi connectivity index (χ3n) is 5.21. The van der Waals surface area contributed by atoms with Crippen molar-refractivity contribution in [1.82, 2.24) is 0 Å². The fourth-order valence-electron chi connectivity index (χ4n) is 3.60. The molecule has 34 heavy (non-hydrogen) atoms. The van der Waals surface area contributed by atoms with Crippen LogP contribution in [-0.4, -0.2) is 17.9 Å². The highest BCUT2D eigenvalue weighted by atomic mass is 35.5. The van der Waals surface area contributed by atoms with E-state index in [0.29, 0.717) is 38.2 Å². The number of methoxy groups -OCH3 is 1. The monoisotopic (exact) mass is 496 g/mol. The molecule has 9 heteroatoms. The highest BCUT2D eigenvalue weighted by molar-refractivity contribution is 6.36. The molecule has 0 aliphatic heterocycles. The van der Waals surface area contributed by atoms with Gasteiger partial charge in [0.25, 0.3) is 5.69 Å². The molecule has 0 aliphatic carbocycles. The number of carbonyl (C=O) groups excluding carboxylic acids is 1. The van der Waals surface area contributed by atoms with Crippen molar-refractivity contribution < 1.29 is 18.9 Å². The molecule has 0 fully saturated rings. The molecule has 3 aromatic carbocycles. The van der Waals surface area contributed by atoms with Crippen LogP contribution in [0, 0.1) is 10.1 Å². The predicted molar refractivity (Wildman–Crippen MR) is 134 cm³/mol. The fraction of sp³-hybridized carbons (Fsp3) is 0.0800. The van der Waals surface area contributed by atoms with Gasteiger partial charge >= 0.3 is 0 Å². The Morgan fingerprint density at radius 1 is 1.12 bits per heavy atom. The van der Waals surface area contributed by atoms with Crippen molar-refractivity contribution in [2.75, 3.05) is 12.4 Å². The SMILES string of the molecule is COc1cc2occ(-c3ccc(Cl)cc3Cl)c2cc1/C(C)=C/C(=O)Nc1cccc([N+](=O)[O-])c1. The van der Waals surface area contributed by atoms with Crippen molar-refractivity contribution in [2.24, 2.45) is 0 Å². The summed E-state index contributed by atoms with van der Waals surface area (Å²) in [4.78, 5) is 23.1. The van der Waals surface area contributed by atoms with E-state index in [9.17, 15) is 14.9 Å². The Morgan fingerprint density at radius 3 is 2.62 bits per heavy atom. The number of nitro groups is 1. The van der Waals surface area contributed by atoms with Gasteiger partial charge in [0.15, 0.2) is 0 Å². The molecular formula is C25H18Cl2N2O5. The minimum Gasteiger partial charge on any atom is -0.496 e. The van der Waals surface area contributed by atoms with E-state index in [2.05, 4.69) is 5.32 Å². The highest BCUT2D eigenvalue weighted by Crippen LogP contribution is 2.40. The number of nitro benzene ring substituents is 1. The maximum Gasteiger partial charge on any atom is 0.271 e. The minimum atomic E-state index is -0.522. The number of carbonyl (C=O) groups is 1. The molecule has 0 bridgehead atoms. The Bertz CT molecular complexity index is 1460. The number of nitrogens with zero attached hydrogens (tertiary/aromatic N) is 1. The van der Waals surface area contributed by atoms with Gasteiger partial charge in [0.05, 0.1) is 23.3 Å².